The van der Waals surface area contributed by atoms with Crippen LogP contribution in [0.25, 0.3) is 0 Å². The van der Waals surface area contributed by atoms with E-state index in [1.807, 2.05) is 29.3 Å². The Kier molecular flexibility index (Phi) is 5.04. The van der Waals surface area contributed by atoms with Crippen molar-refractivity contribution in [2.24, 2.45) is 0 Å². The van der Waals surface area contributed by atoms with E-state index in [0.29, 0.717) is 12.6 Å². The zero-order valence-electron chi connectivity index (χ0n) is 14.6. The van der Waals surface area contributed by atoms with E-state index >= 15 is 0 Å². The van der Waals surface area contributed by atoms with Crippen LogP contribution < -0.4 is 5.32 Å². The maximum atomic E-state index is 13.0. The molecule has 1 unspecified atom stereocenters. The number of hydrogen-bond donors (Lipinski definition) is 1. The minimum Gasteiger partial charge on any atom is -0.314 e. The van der Waals surface area contributed by atoms with Gasteiger partial charge < -0.3 is 5.32 Å². The number of piperazine rings is 1. The number of rotatable bonds is 5. The van der Waals surface area contributed by atoms with E-state index < -0.39 is 0 Å². The van der Waals surface area contributed by atoms with Crippen molar-refractivity contribution in [2.45, 2.75) is 19.1 Å². The van der Waals surface area contributed by atoms with Crippen LogP contribution in [0.3, 0.4) is 0 Å². The molecule has 0 spiro atoms. The average molecular weight is 351 g/mol. The van der Waals surface area contributed by atoms with Crippen molar-refractivity contribution in [1.29, 1.82) is 0 Å². The van der Waals surface area contributed by atoms with E-state index in [9.17, 15) is 4.39 Å². The lowest BCUT2D eigenvalue weighted by Crippen LogP contribution is -2.45. The molecule has 1 aromatic carbocycles. The summed E-state index contributed by atoms with van der Waals surface area (Å²) < 4.78 is 14.9. The number of halogens is 1. The first kappa shape index (κ1) is 16.9. The summed E-state index contributed by atoms with van der Waals surface area (Å²) in [5.41, 5.74) is 3.46. The highest BCUT2D eigenvalue weighted by Gasteiger charge is 2.24. The maximum absolute atomic E-state index is 13.0. The van der Waals surface area contributed by atoms with Crippen molar-refractivity contribution >= 4 is 0 Å². The Labute approximate surface area is 152 Å². The maximum Gasteiger partial charge on any atom is 0.123 e. The molecule has 1 saturated heterocycles. The predicted octanol–water partition coefficient (Wildman–Crippen LogP) is 2.61. The molecule has 1 N–H and O–H groups in total. The molecule has 2 aromatic heterocycles. The van der Waals surface area contributed by atoms with E-state index in [1.165, 1.54) is 23.3 Å². The van der Waals surface area contributed by atoms with E-state index in [2.05, 4.69) is 32.6 Å². The first-order valence-corrected chi connectivity index (χ1v) is 8.88. The third kappa shape index (κ3) is 3.98. The van der Waals surface area contributed by atoms with Crippen molar-refractivity contribution in [3.63, 3.8) is 0 Å². The molecule has 6 heteroatoms. The predicted molar refractivity (Wildman–Crippen MR) is 98.0 cm³/mol. The van der Waals surface area contributed by atoms with Crippen molar-refractivity contribution < 1.29 is 4.39 Å². The van der Waals surface area contributed by atoms with Crippen LogP contribution in [-0.4, -0.2) is 39.3 Å². The number of nitrogens with zero attached hydrogens (tertiary/aromatic N) is 4. The normalized spacial score (nSPS) is 18.1. The largest absolute Gasteiger partial charge is 0.314 e. The molecule has 3 heterocycles. The van der Waals surface area contributed by atoms with Gasteiger partial charge in [-0.3, -0.25) is 14.6 Å². The Morgan fingerprint density at radius 3 is 2.77 bits per heavy atom. The number of aromatic nitrogens is 3. The van der Waals surface area contributed by atoms with Crippen LogP contribution in [0.1, 0.15) is 22.7 Å². The Morgan fingerprint density at radius 1 is 1.08 bits per heavy atom. The van der Waals surface area contributed by atoms with Gasteiger partial charge in [0.25, 0.3) is 0 Å². The zero-order chi connectivity index (χ0) is 17.8. The van der Waals surface area contributed by atoms with Crippen LogP contribution in [-0.2, 0) is 13.1 Å². The van der Waals surface area contributed by atoms with Gasteiger partial charge in [-0.05, 0) is 29.3 Å². The lowest BCUT2D eigenvalue weighted by molar-refractivity contribution is 0.153. The molecular formula is C20H22FN5. The second kappa shape index (κ2) is 7.76. The van der Waals surface area contributed by atoms with Crippen LogP contribution in [0.2, 0.25) is 0 Å². The molecule has 26 heavy (non-hydrogen) atoms. The summed E-state index contributed by atoms with van der Waals surface area (Å²) in [6.45, 7) is 4.40. The number of hydrogen-bond acceptors (Lipinski definition) is 4. The van der Waals surface area contributed by atoms with E-state index in [1.54, 1.807) is 12.1 Å². The Bertz CT molecular complexity index is 831. The van der Waals surface area contributed by atoms with E-state index in [0.717, 1.165) is 31.7 Å². The minimum absolute atomic E-state index is 0.213. The summed E-state index contributed by atoms with van der Waals surface area (Å²) >= 11 is 0. The van der Waals surface area contributed by atoms with Crippen LogP contribution in [0.5, 0.6) is 0 Å². The standard InChI is InChI=1S/C20H22FN5/c21-19-5-3-16(4-6-19)14-26-15-17(10-24-26)13-25-9-8-23-12-20(25)18-2-1-7-22-11-18/h1-7,10-11,15,20,23H,8-9,12-14H2. The van der Waals surface area contributed by atoms with Gasteiger partial charge in [-0.15, -0.1) is 0 Å². The lowest BCUT2D eigenvalue weighted by Gasteiger charge is -2.36. The van der Waals surface area contributed by atoms with E-state index in [4.69, 9.17) is 0 Å². The fraction of sp³-hybridized carbons (Fsp3) is 0.300. The molecule has 0 bridgehead atoms. The topological polar surface area (TPSA) is 46.0 Å². The van der Waals surface area contributed by atoms with Gasteiger partial charge in [-0.25, -0.2) is 4.39 Å². The average Bonchev–Trinajstić information content (AvgIpc) is 3.12. The first-order chi connectivity index (χ1) is 12.8. The highest BCUT2D eigenvalue weighted by atomic mass is 19.1. The third-order valence-corrected chi connectivity index (χ3v) is 4.75. The van der Waals surface area contributed by atoms with Crippen LogP contribution >= 0.6 is 0 Å². The molecule has 1 atom stereocenters. The molecule has 1 aliphatic heterocycles. The van der Waals surface area contributed by atoms with Gasteiger partial charge in [0.1, 0.15) is 5.82 Å². The highest BCUT2D eigenvalue weighted by molar-refractivity contribution is 5.18. The number of benzene rings is 1. The van der Waals surface area contributed by atoms with Crippen molar-refractivity contribution in [3.05, 3.63) is 83.7 Å². The zero-order valence-corrected chi connectivity index (χ0v) is 14.6. The molecule has 1 aliphatic rings. The van der Waals surface area contributed by atoms with Crippen molar-refractivity contribution in [2.75, 3.05) is 19.6 Å². The highest BCUT2D eigenvalue weighted by Crippen LogP contribution is 2.23. The SMILES string of the molecule is Fc1ccc(Cn2cc(CN3CCNCC3c3cccnc3)cn2)cc1. The summed E-state index contributed by atoms with van der Waals surface area (Å²) in [6, 6.07) is 11.0. The summed E-state index contributed by atoms with van der Waals surface area (Å²) in [6.07, 6.45) is 7.75. The monoisotopic (exact) mass is 351 g/mol. The van der Waals surface area contributed by atoms with Gasteiger partial charge >= 0.3 is 0 Å². The minimum atomic E-state index is -0.213. The number of nitrogens with one attached hydrogen (secondary N) is 1. The van der Waals surface area contributed by atoms with Gasteiger partial charge in [-0.1, -0.05) is 18.2 Å². The summed E-state index contributed by atoms with van der Waals surface area (Å²) in [4.78, 5) is 6.73. The number of pyridine rings is 1. The molecule has 0 amide bonds. The molecule has 5 nitrogen and oxygen atoms in total. The Balaban J connectivity index is 1.44. The van der Waals surface area contributed by atoms with Crippen LogP contribution in [0.15, 0.2) is 61.2 Å². The second-order valence-corrected chi connectivity index (χ2v) is 6.65. The van der Waals surface area contributed by atoms with Crippen molar-refractivity contribution in [3.8, 4) is 0 Å². The third-order valence-electron chi connectivity index (χ3n) is 4.75. The Morgan fingerprint density at radius 2 is 1.96 bits per heavy atom. The van der Waals surface area contributed by atoms with Gasteiger partial charge in [-0.2, -0.15) is 5.10 Å². The molecule has 3 aromatic rings. The Hall–Kier alpha value is -2.57. The molecule has 1 fully saturated rings. The second-order valence-electron chi connectivity index (χ2n) is 6.65. The van der Waals surface area contributed by atoms with Gasteiger partial charge in [0.05, 0.1) is 12.7 Å². The van der Waals surface area contributed by atoms with Crippen molar-refractivity contribution in [1.82, 2.24) is 25.0 Å². The molecule has 0 radical (unpaired) electrons. The summed E-state index contributed by atoms with van der Waals surface area (Å²) in [5, 5.41) is 7.94. The van der Waals surface area contributed by atoms with Gasteiger partial charge in [0, 0.05) is 56.4 Å². The summed E-state index contributed by atoms with van der Waals surface area (Å²) in [7, 11) is 0. The fourth-order valence-electron chi connectivity index (χ4n) is 3.42. The fourth-order valence-corrected chi connectivity index (χ4v) is 3.42. The molecule has 134 valence electrons. The molecular weight excluding hydrogens is 329 g/mol. The van der Waals surface area contributed by atoms with Crippen LogP contribution in [0.4, 0.5) is 4.39 Å². The first-order valence-electron chi connectivity index (χ1n) is 8.88. The van der Waals surface area contributed by atoms with Gasteiger partial charge in [0.2, 0.25) is 0 Å². The molecule has 4 rings (SSSR count). The quantitative estimate of drug-likeness (QED) is 0.768. The smallest absolute Gasteiger partial charge is 0.123 e. The van der Waals surface area contributed by atoms with Gasteiger partial charge in [0.15, 0.2) is 0 Å². The van der Waals surface area contributed by atoms with E-state index in [-0.39, 0.29) is 5.82 Å². The summed E-state index contributed by atoms with van der Waals surface area (Å²) in [5.74, 6) is -0.213. The molecule has 0 aliphatic carbocycles. The van der Waals surface area contributed by atoms with Crippen LogP contribution in [0, 0.1) is 5.82 Å². The lowest BCUT2D eigenvalue weighted by atomic mass is 10.0. The molecule has 0 saturated carbocycles.